The van der Waals surface area contributed by atoms with Gasteiger partial charge in [0, 0.05) is 28.8 Å². The highest BCUT2D eigenvalue weighted by Gasteiger charge is 2.18. The minimum absolute atomic E-state index is 0.701. The Hall–Kier alpha value is -3.35. The number of nitrogens with zero attached hydrogens (tertiary/aromatic N) is 3. The number of benzene rings is 2. The van der Waals surface area contributed by atoms with E-state index in [0.29, 0.717) is 5.02 Å². The second-order valence-corrected chi connectivity index (χ2v) is 8.76. The van der Waals surface area contributed by atoms with Crippen molar-refractivity contribution in [2.24, 2.45) is 0 Å². The summed E-state index contributed by atoms with van der Waals surface area (Å²) in [5.41, 5.74) is 7.01. The van der Waals surface area contributed by atoms with E-state index in [1.54, 1.807) is 11.3 Å². The van der Waals surface area contributed by atoms with Crippen molar-refractivity contribution in [3.8, 4) is 44.5 Å². The van der Waals surface area contributed by atoms with Crippen LogP contribution in [0.25, 0.3) is 38.8 Å². The molecule has 0 radical (unpaired) electrons. The molecule has 0 aliphatic carbocycles. The second kappa shape index (κ2) is 7.41. The molecule has 4 heterocycles. The van der Waals surface area contributed by atoms with E-state index in [4.69, 9.17) is 21.4 Å². The van der Waals surface area contributed by atoms with Crippen molar-refractivity contribution in [2.75, 3.05) is 6.61 Å². The van der Waals surface area contributed by atoms with Gasteiger partial charge in [-0.3, -0.25) is 5.10 Å². The smallest absolute Gasteiger partial charge is 0.122 e. The molecule has 1 aliphatic heterocycles. The van der Waals surface area contributed by atoms with Gasteiger partial charge in [0.2, 0.25) is 0 Å². The number of H-pyrrole nitrogens is 1. The summed E-state index contributed by atoms with van der Waals surface area (Å²) in [6.07, 6.45) is 2.98. The van der Waals surface area contributed by atoms with Gasteiger partial charge in [-0.2, -0.15) is 10.2 Å². The van der Waals surface area contributed by atoms with Gasteiger partial charge in [-0.1, -0.05) is 17.7 Å². The summed E-state index contributed by atoms with van der Waals surface area (Å²) < 4.78 is 7.51. The van der Waals surface area contributed by atoms with Crippen LogP contribution in [-0.2, 0) is 6.42 Å². The van der Waals surface area contributed by atoms with Crippen LogP contribution in [0.15, 0.2) is 72.2 Å². The summed E-state index contributed by atoms with van der Waals surface area (Å²) in [7, 11) is 0. The van der Waals surface area contributed by atoms with Crippen molar-refractivity contribution in [2.45, 2.75) is 6.42 Å². The Balaban J connectivity index is 1.43. The Morgan fingerprint density at radius 2 is 1.97 bits per heavy atom. The number of halogens is 1. The number of hydrogen-bond donors (Lipinski definition) is 1. The van der Waals surface area contributed by atoms with Crippen LogP contribution < -0.4 is 4.74 Å². The number of thiophene rings is 1. The van der Waals surface area contributed by atoms with Gasteiger partial charge in [0.1, 0.15) is 11.4 Å². The van der Waals surface area contributed by atoms with Gasteiger partial charge >= 0.3 is 0 Å². The molecule has 5 aromatic rings. The average molecular weight is 445 g/mol. The van der Waals surface area contributed by atoms with E-state index in [0.717, 1.165) is 57.6 Å². The first-order valence-corrected chi connectivity index (χ1v) is 11.2. The molecule has 0 unspecified atom stereocenters. The molecule has 0 atom stereocenters. The largest absolute Gasteiger partial charge is 0.493 e. The lowest BCUT2D eigenvalue weighted by molar-refractivity contribution is 0.357. The minimum atomic E-state index is 0.701. The van der Waals surface area contributed by atoms with Crippen LogP contribution >= 0.6 is 22.9 Å². The number of aromatic nitrogens is 4. The molecule has 1 N–H and O–H groups in total. The van der Waals surface area contributed by atoms with Gasteiger partial charge in [0.15, 0.2) is 0 Å². The predicted molar refractivity (Wildman–Crippen MR) is 124 cm³/mol. The summed E-state index contributed by atoms with van der Waals surface area (Å²) in [6, 6.07) is 20.1. The topological polar surface area (TPSA) is 55.7 Å². The Labute approximate surface area is 187 Å². The first-order chi connectivity index (χ1) is 15.2. The van der Waals surface area contributed by atoms with E-state index in [-0.39, 0.29) is 0 Å². The average Bonchev–Trinajstić information content (AvgIpc) is 3.59. The molecular formula is C24H17ClN4OS. The molecule has 0 fully saturated rings. The van der Waals surface area contributed by atoms with E-state index in [1.807, 2.05) is 47.3 Å². The maximum Gasteiger partial charge on any atom is 0.122 e. The quantitative estimate of drug-likeness (QED) is 0.356. The van der Waals surface area contributed by atoms with Crippen LogP contribution in [0.1, 0.15) is 5.56 Å². The molecule has 7 heteroatoms. The third kappa shape index (κ3) is 3.34. The lowest BCUT2D eigenvalue weighted by Gasteiger charge is -2.00. The lowest BCUT2D eigenvalue weighted by atomic mass is 10.1. The Morgan fingerprint density at radius 1 is 1.06 bits per heavy atom. The number of hydrogen-bond acceptors (Lipinski definition) is 4. The van der Waals surface area contributed by atoms with Gasteiger partial charge in [-0.15, -0.1) is 11.3 Å². The van der Waals surface area contributed by atoms with Crippen LogP contribution in [0.2, 0.25) is 5.02 Å². The van der Waals surface area contributed by atoms with Crippen LogP contribution in [0.5, 0.6) is 5.75 Å². The van der Waals surface area contributed by atoms with E-state index >= 15 is 0 Å². The van der Waals surface area contributed by atoms with Crippen molar-refractivity contribution in [1.82, 2.24) is 20.0 Å². The van der Waals surface area contributed by atoms with E-state index in [1.165, 1.54) is 5.56 Å². The highest BCUT2D eigenvalue weighted by Crippen LogP contribution is 2.36. The summed E-state index contributed by atoms with van der Waals surface area (Å²) in [4.78, 5) is 1.11. The van der Waals surface area contributed by atoms with Crippen LogP contribution in [0.3, 0.4) is 0 Å². The molecule has 0 saturated heterocycles. The van der Waals surface area contributed by atoms with E-state index < -0.39 is 0 Å². The fourth-order valence-corrected chi connectivity index (χ4v) is 4.70. The fourth-order valence-electron chi connectivity index (χ4n) is 3.85. The molecule has 2 aromatic carbocycles. The minimum Gasteiger partial charge on any atom is -0.493 e. The number of nitrogens with one attached hydrogen (secondary N) is 1. The maximum atomic E-state index is 6.06. The van der Waals surface area contributed by atoms with Gasteiger partial charge < -0.3 is 4.74 Å². The Morgan fingerprint density at radius 3 is 2.81 bits per heavy atom. The molecule has 152 valence electrons. The van der Waals surface area contributed by atoms with Crippen molar-refractivity contribution >= 4 is 22.9 Å². The van der Waals surface area contributed by atoms with E-state index in [9.17, 15) is 0 Å². The van der Waals surface area contributed by atoms with E-state index in [2.05, 4.69) is 39.8 Å². The van der Waals surface area contributed by atoms with Gasteiger partial charge in [0.25, 0.3) is 0 Å². The van der Waals surface area contributed by atoms with Crippen molar-refractivity contribution in [3.63, 3.8) is 0 Å². The summed E-state index contributed by atoms with van der Waals surface area (Å²) in [5.74, 6) is 0.976. The van der Waals surface area contributed by atoms with Gasteiger partial charge in [0.05, 0.1) is 28.6 Å². The monoisotopic (exact) mass is 444 g/mol. The van der Waals surface area contributed by atoms with Gasteiger partial charge in [-0.05, 0) is 65.5 Å². The molecule has 0 amide bonds. The molecule has 31 heavy (non-hydrogen) atoms. The lowest BCUT2D eigenvalue weighted by Crippen LogP contribution is -1.93. The first kappa shape index (κ1) is 18.4. The first-order valence-electron chi connectivity index (χ1n) is 9.96. The SMILES string of the molecule is Clc1ccc(-n2cc(-c3cc(-c4ccc5c(c4)CCO5)n[nH]3)c(-c3cccs3)n2)cc1. The predicted octanol–water partition coefficient (Wildman–Crippen LogP) is 6.25. The molecule has 1 aliphatic rings. The van der Waals surface area contributed by atoms with Crippen molar-refractivity contribution < 1.29 is 4.74 Å². The third-order valence-electron chi connectivity index (χ3n) is 5.41. The van der Waals surface area contributed by atoms with Crippen LogP contribution in [0.4, 0.5) is 0 Å². The Bertz CT molecular complexity index is 1370. The summed E-state index contributed by atoms with van der Waals surface area (Å²) in [6.45, 7) is 0.749. The number of fused-ring (bicyclic) bond motifs is 1. The normalized spacial score (nSPS) is 12.7. The van der Waals surface area contributed by atoms with Crippen LogP contribution in [0, 0.1) is 0 Å². The van der Waals surface area contributed by atoms with Crippen molar-refractivity contribution in [1.29, 1.82) is 0 Å². The number of ether oxygens (including phenoxy) is 1. The number of rotatable bonds is 4. The molecule has 0 spiro atoms. The zero-order valence-electron chi connectivity index (χ0n) is 16.4. The molecule has 0 bridgehead atoms. The molecule has 6 rings (SSSR count). The summed E-state index contributed by atoms with van der Waals surface area (Å²) >= 11 is 7.73. The molecule has 0 saturated carbocycles. The zero-order valence-corrected chi connectivity index (χ0v) is 18.0. The Kier molecular flexibility index (Phi) is 4.40. The molecule has 3 aromatic heterocycles. The zero-order chi connectivity index (χ0) is 20.8. The maximum absolute atomic E-state index is 6.06. The summed E-state index contributed by atoms with van der Waals surface area (Å²) in [5, 5.41) is 15.4. The van der Waals surface area contributed by atoms with Crippen LogP contribution in [-0.4, -0.2) is 26.6 Å². The third-order valence-corrected chi connectivity index (χ3v) is 6.54. The highest BCUT2D eigenvalue weighted by molar-refractivity contribution is 7.13. The standard InChI is InChI=1S/C24H17ClN4OS/c25-17-4-6-18(7-5-17)29-14-19(24(28-29)23-2-1-11-31-23)21-13-20(26-27-21)15-3-8-22-16(12-15)9-10-30-22/h1-8,11-14H,9-10H2,(H,26,27). The highest BCUT2D eigenvalue weighted by atomic mass is 35.5. The van der Waals surface area contributed by atoms with Gasteiger partial charge in [-0.25, -0.2) is 4.68 Å². The second-order valence-electron chi connectivity index (χ2n) is 7.38. The molecule has 5 nitrogen and oxygen atoms in total. The van der Waals surface area contributed by atoms with Crippen molar-refractivity contribution in [3.05, 3.63) is 82.8 Å². The molecular weight excluding hydrogens is 428 g/mol. The fraction of sp³-hybridized carbons (Fsp3) is 0.0833. The number of aromatic amines is 1.